The normalized spacial score (nSPS) is 10.7. The molecule has 0 aliphatic carbocycles. The first-order valence-electron chi connectivity index (χ1n) is 9.47. The first kappa shape index (κ1) is 19.4. The maximum Gasteiger partial charge on any atom is 0.336 e. The average molecular weight is 404 g/mol. The summed E-state index contributed by atoms with van der Waals surface area (Å²) < 4.78 is 26.9. The van der Waals surface area contributed by atoms with E-state index in [1.165, 1.54) is 10.7 Å². The summed E-state index contributed by atoms with van der Waals surface area (Å²) >= 11 is 0. The van der Waals surface area contributed by atoms with E-state index in [-0.39, 0.29) is 11.8 Å². The van der Waals surface area contributed by atoms with Crippen LogP contribution in [0.5, 0.6) is 11.8 Å². The van der Waals surface area contributed by atoms with Crippen LogP contribution in [0.25, 0.3) is 17.1 Å². The zero-order valence-electron chi connectivity index (χ0n) is 16.5. The Balaban J connectivity index is 1.59. The predicted molar refractivity (Wildman–Crippen MR) is 113 cm³/mol. The molecule has 0 amide bonds. The number of anilines is 1. The molecule has 152 valence electrons. The minimum atomic E-state index is -0.389. The molecule has 0 aliphatic rings. The van der Waals surface area contributed by atoms with Gasteiger partial charge in [0.1, 0.15) is 11.6 Å². The number of hydrogen-bond acceptors (Lipinski definition) is 5. The summed E-state index contributed by atoms with van der Waals surface area (Å²) in [6.07, 6.45) is 0.672. The van der Waals surface area contributed by atoms with Gasteiger partial charge in [-0.2, -0.15) is 4.98 Å². The van der Waals surface area contributed by atoms with Gasteiger partial charge in [-0.15, -0.1) is 5.10 Å². The SMILES string of the molecule is COc1ccc(CCOc2nc(-c3ccccc3F)n(-c3cccc(N)c3)n2)cc1. The number of rotatable bonds is 7. The van der Waals surface area contributed by atoms with E-state index in [1.54, 1.807) is 37.4 Å². The van der Waals surface area contributed by atoms with Gasteiger partial charge in [-0.3, -0.25) is 0 Å². The number of ether oxygens (including phenoxy) is 2. The van der Waals surface area contributed by atoms with Gasteiger partial charge in [0.05, 0.1) is 25.0 Å². The second kappa shape index (κ2) is 8.65. The van der Waals surface area contributed by atoms with Crippen molar-refractivity contribution < 1.29 is 13.9 Å². The van der Waals surface area contributed by atoms with Crippen molar-refractivity contribution in [2.45, 2.75) is 6.42 Å². The fraction of sp³-hybridized carbons (Fsp3) is 0.130. The quantitative estimate of drug-likeness (QED) is 0.465. The Labute approximate surface area is 173 Å². The molecule has 0 fully saturated rings. The average Bonchev–Trinajstić information content (AvgIpc) is 3.18. The van der Waals surface area contributed by atoms with Crippen LogP contribution in [0.4, 0.5) is 10.1 Å². The predicted octanol–water partition coefficient (Wildman–Crippen LogP) is 4.29. The largest absolute Gasteiger partial charge is 0.497 e. The minimum Gasteiger partial charge on any atom is -0.497 e. The lowest BCUT2D eigenvalue weighted by molar-refractivity contribution is 0.296. The van der Waals surface area contributed by atoms with Gasteiger partial charge in [0.25, 0.3) is 0 Å². The Kier molecular flexibility index (Phi) is 5.61. The molecule has 4 rings (SSSR count). The summed E-state index contributed by atoms with van der Waals surface area (Å²) in [6.45, 7) is 0.379. The zero-order valence-corrected chi connectivity index (χ0v) is 16.5. The second-order valence-electron chi connectivity index (χ2n) is 6.65. The Morgan fingerprint density at radius 1 is 1.00 bits per heavy atom. The molecule has 0 unspecified atom stereocenters. The van der Waals surface area contributed by atoms with E-state index in [9.17, 15) is 4.39 Å². The van der Waals surface area contributed by atoms with Crippen molar-refractivity contribution in [3.8, 4) is 28.8 Å². The summed E-state index contributed by atoms with van der Waals surface area (Å²) in [5.74, 6) is 0.759. The van der Waals surface area contributed by atoms with Crippen LogP contribution in [0.3, 0.4) is 0 Å². The summed E-state index contributed by atoms with van der Waals surface area (Å²) in [6, 6.07) is 21.5. The first-order chi connectivity index (χ1) is 14.6. The number of aromatic nitrogens is 3. The lowest BCUT2D eigenvalue weighted by atomic mass is 10.1. The lowest BCUT2D eigenvalue weighted by Gasteiger charge is -2.07. The molecule has 0 aliphatic heterocycles. The number of methoxy groups -OCH3 is 1. The van der Waals surface area contributed by atoms with E-state index in [4.69, 9.17) is 15.2 Å². The fourth-order valence-electron chi connectivity index (χ4n) is 3.06. The van der Waals surface area contributed by atoms with Crippen molar-refractivity contribution in [3.63, 3.8) is 0 Å². The Hall–Kier alpha value is -3.87. The second-order valence-corrected chi connectivity index (χ2v) is 6.65. The summed E-state index contributed by atoms with van der Waals surface area (Å²) in [7, 11) is 1.63. The highest BCUT2D eigenvalue weighted by Gasteiger charge is 2.17. The smallest absolute Gasteiger partial charge is 0.336 e. The van der Waals surface area contributed by atoms with Crippen molar-refractivity contribution in [2.24, 2.45) is 0 Å². The molecule has 0 saturated heterocycles. The van der Waals surface area contributed by atoms with Crippen molar-refractivity contribution in [2.75, 3.05) is 19.5 Å². The molecule has 1 aromatic heterocycles. The van der Waals surface area contributed by atoms with E-state index in [0.29, 0.717) is 35.8 Å². The number of hydrogen-bond donors (Lipinski definition) is 1. The number of benzene rings is 3. The van der Waals surface area contributed by atoms with E-state index >= 15 is 0 Å². The molecule has 0 spiro atoms. The van der Waals surface area contributed by atoms with Gasteiger partial charge in [0.15, 0.2) is 5.82 Å². The van der Waals surface area contributed by atoms with Gasteiger partial charge in [-0.25, -0.2) is 9.07 Å². The molecule has 0 radical (unpaired) electrons. The molecular weight excluding hydrogens is 383 g/mol. The van der Waals surface area contributed by atoms with E-state index in [0.717, 1.165) is 11.3 Å². The number of nitrogens with two attached hydrogens (primary N) is 1. The van der Waals surface area contributed by atoms with E-state index < -0.39 is 0 Å². The van der Waals surface area contributed by atoms with Crippen LogP contribution in [-0.4, -0.2) is 28.5 Å². The van der Waals surface area contributed by atoms with Crippen molar-refractivity contribution in [3.05, 3.63) is 84.2 Å². The molecule has 30 heavy (non-hydrogen) atoms. The highest BCUT2D eigenvalue weighted by Crippen LogP contribution is 2.26. The van der Waals surface area contributed by atoms with Crippen molar-refractivity contribution in [1.29, 1.82) is 0 Å². The van der Waals surface area contributed by atoms with Gasteiger partial charge in [0, 0.05) is 12.1 Å². The van der Waals surface area contributed by atoms with Crippen LogP contribution in [-0.2, 0) is 6.42 Å². The monoisotopic (exact) mass is 404 g/mol. The van der Waals surface area contributed by atoms with Gasteiger partial charge >= 0.3 is 6.01 Å². The summed E-state index contributed by atoms with van der Waals surface area (Å²) in [4.78, 5) is 4.43. The first-order valence-corrected chi connectivity index (χ1v) is 9.47. The molecule has 7 heteroatoms. The molecule has 0 atom stereocenters. The summed E-state index contributed by atoms with van der Waals surface area (Å²) in [5, 5.41) is 4.44. The van der Waals surface area contributed by atoms with Gasteiger partial charge in [-0.05, 0) is 48.0 Å². The van der Waals surface area contributed by atoms with E-state index in [1.807, 2.05) is 36.4 Å². The fourth-order valence-corrected chi connectivity index (χ4v) is 3.06. The molecule has 6 nitrogen and oxygen atoms in total. The highest BCUT2D eigenvalue weighted by atomic mass is 19.1. The van der Waals surface area contributed by atoms with Gasteiger partial charge < -0.3 is 15.2 Å². The van der Waals surface area contributed by atoms with Crippen LogP contribution in [0.1, 0.15) is 5.56 Å². The molecule has 0 bridgehead atoms. The van der Waals surface area contributed by atoms with Gasteiger partial charge in [0.2, 0.25) is 0 Å². The van der Waals surface area contributed by atoms with Crippen molar-refractivity contribution in [1.82, 2.24) is 14.8 Å². The third-order valence-corrected chi connectivity index (χ3v) is 4.60. The standard InChI is InChI=1S/C23H21FN4O2/c1-29-19-11-9-16(10-12-19)13-14-30-23-26-22(20-7-2-3-8-21(20)24)28(27-23)18-6-4-5-17(25)15-18/h2-12,15H,13-14,25H2,1H3. The van der Waals surface area contributed by atoms with Crippen LogP contribution in [0.15, 0.2) is 72.8 Å². The molecule has 1 heterocycles. The third kappa shape index (κ3) is 4.25. The maximum atomic E-state index is 14.4. The zero-order chi connectivity index (χ0) is 20.9. The number of nitrogen functional groups attached to an aromatic ring is 1. The van der Waals surface area contributed by atoms with Crippen LogP contribution in [0.2, 0.25) is 0 Å². The molecule has 0 saturated carbocycles. The Bertz CT molecular complexity index is 1140. The Morgan fingerprint density at radius 3 is 2.53 bits per heavy atom. The Morgan fingerprint density at radius 2 is 1.80 bits per heavy atom. The highest BCUT2D eigenvalue weighted by molar-refractivity contribution is 5.60. The number of halogens is 1. The van der Waals surface area contributed by atoms with Crippen molar-refractivity contribution >= 4 is 5.69 Å². The van der Waals surface area contributed by atoms with Crippen LogP contribution < -0.4 is 15.2 Å². The molecule has 2 N–H and O–H groups in total. The maximum absolute atomic E-state index is 14.4. The molecule has 3 aromatic carbocycles. The summed E-state index contributed by atoms with van der Waals surface area (Å²) in [5.41, 5.74) is 8.59. The third-order valence-electron chi connectivity index (χ3n) is 4.60. The van der Waals surface area contributed by atoms with Crippen LogP contribution >= 0.6 is 0 Å². The molecule has 4 aromatic rings. The van der Waals surface area contributed by atoms with Crippen LogP contribution in [0, 0.1) is 5.82 Å². The molecular formula is C23H21FN4O2. The number of nitrogens with zero attached hydrogens (tertiary/aromatic N) is 3. The van der Waals surface area contributed by atoms with E-state index in [2.05, 4.69) is 10.1 Å². The lowest BCUT2D eigenvalue weighted by Crippen LogP contribution is -2.04. The topological polar surface area (TPSA) is 75.2 Å². The van der Waals surface area contributed by atoms with Gasteiger partial charge in [-0.1, -0.05) is 30.3 Å². The minimum absolute atomic E-state index is 0.171.